The molecule has 136 valence electrons. The highest BCUT2D eigenvalue weighted by Gasteiger charge is 2.30. The zero-order valence-corrected chi connectivity index (χ0v) is 14.8. The molecule has 7 heteroatoms. The van der Waals surface area contributed by atoms with Gasteiger partial charge in [0.05, 0.1) is 24.2 Å². The molecule has 1 aliphatic rings. The minimum atomic E-state index is -1.10. The highest BCUT2D eigenvalue weighted by Crippen LogP contribution is 2.42. The van der Waals surface area contributed by atoms with Crippen molar-refractivity contribution >= 4 is 23.5 Å². The Bertz CT molecular complexity index is 848. The van der Waals surface area contributed by atoms with Gasteiger partial charge in [0.25, 0.3) is 0 Å². The number of hydrogen-bond acceptors (Lipinski definition) is 5. The topological polar surface area (TPSA) is 82.1 Å². The Morgan fingerprint density at radius 3 is 2.77 bits per heavy atom. The molecule has 0 radical (unpaired) electrons. The number of carbonyl (C=O) groups excluding carboxylic acids is 1. The van der Waals surface area contributed by atoms with Gasteiger partial charge in [0.2, 0.25) is 0 Å². The Morgan fingerprint density at radius 1 is 1.27 bits per heavy atom. The second-order valence-electron chi connectivity index (χ2n) is 5.67. The fraction of sp³-hybridized carbons (Fsp3) is 0.263. The highest BCUT2D eigenvalue weighted by atomic mass is 35.5. The van der Waals surface area contributed by atoms with Crippen molar-refractivity contribution in [1.82, 2.24) is 0 Å². The molecular formula is C19H17ClO6. The smallest absolute Gasteiger partial charge is 0.339 e. The number of fused-ring (bicyclic) bond motifs is 1. The molecule has 26 heavy (non-hydrogen) atoms. The van der Waals surface area contributed by atoms with E-state index >= 15 is 0 Å². The van der Waals surface area contributed by atoms with E-state index in [9.17, 15) is 14.7 Å². The summed E-state index contributed by atoms with van der Waals surface area (Å²) < 4.78 is 16.4. The summed E-state index contributed by atoms with van der Waals surface area (Å²) in [6.45, 7) is 2.41. The molecule has 2 aromatic carbocycles. The lowest BCUT2D eigenvalue weighted by molar-refractivity contribution is -0.145. The molecular weight excluding hydrogens is 360 g/mol. The number of para-hydroxylation sites is 1. The van der Waals surface area contributed by atoms with Gasteiger partial charge in [-0.25, -0.2) is 4.79 Å². The standard InChI is InChI=1S/C19H17ClO6/c1-2-24-19(23)11-7-8-25-16-10-17(14(20)9-13(11)16)26-15-6-4-3-5-12(15)18(21)22/h3-6,9-11H,2,7-8H2,1H3,(H,21,22). The average molecular weight is 377 g/mol. The van der Waals surface area contributed by atoms with Crippen molar-refractivity contribution in [3.8, 4) is 17.2 Å². The van der Waals surface area contributed by atoms with Crippen LogP contribution in [0.3, 0.4) is 0 Å². The number of aromatic carboxylic acids is 1. The molecule has 0 bridgehead atoms. The van der Waals surface area contributed by atoms with Crippen LogP contribution in [0.15, 0.2) is 36.4 Å². The Kier molecular flexibility index (Phi) is 5.32. The maximum Gasteiger partial charge on any atom is 0.339 e. The van der Waals surface area contributed by atoms with E-state index in [4.69, 9.17) is 25.8 Å². The van der Waals surface area contributed by atoms with Crippen molar-refractivity contribution in [3.63, 3.8) is 0 Å². The number of halogens is 1. The van der Waals surface area contributed by atoms with E-state index in [-0.39, 0.29) is 28.1 Å². The first-order valence-electron chi connectivity index (χ1n) is 8.14. The number of esters is 1. The van der Waals surface area contributed by atoms with Gasteiger partial charge in [0.1, 0.15) is 22.8 Å². The summed E-state index contributed by atoms with van der Waals surface area (Å²) in [5.74, 6) is -0.979. The number of carboxylic acids is 1. The molecule has 1 aliphatic heterocycles. The lowest BCUT2D eigenvalue weighted by Gasteiger charge is -2.25. The molecule has 6 nitrogen and oxygen atoms in total. The third-order valence-electron chi connectivity index (χ3n) is 4.01. The van der Waals surface area contributed by atoms with Crippen molar-refractivity contribution in [1.29, 1.82) is 0 Å². The SMILES string of the molecule is CCOC(=O)C1CCOc2cc(Oc3ccccc3C(=O)O)c(Cl)cc21. The van der Waals surface area contributed by atoms with Crippen LogP contribution in [-0.4, -0.2) is 30.3 Å². The molecule has 0 saturated heterocycles. The predicted octanol–water partition coefficient (Wildman–Crippen LogP) is 4.26. The van der Waals surface area contributed by atoms with Crippen molar-refractivity contribution in [2.75, 3.05) is 13.2 Å². The van der Waals surface area contributed by atoms with Crippen LogP contribution < -0.4 is 9.47 Å². The fourth-order valence-corrected chi connectivity index (χ4v) is 3.02. The summed E-state index contributed by atoms with van der Waals surface area (Å²) in [7, 11) is 0. The van der Waals surface area contributed by atoms with Crippen LogP contribution in [0.4, 0.5) is 0 Å². The maximum absolute atomic E-state index is 12.2. The van der Waals surface area contributed by atoms with Crippen LogP contribution in [0.1, 0.15) is 35.2 Å². The lowest BCUT2D eigenvalue weighted by atomic mass is 9.93. The number of carboxylic acid groups (broad SMARTS) is 1. The predicted molar refractivity (Wildman–Crippen MR) is 94.4 cm³/mol. The van der Waals surface area contributed by atoms with Crippen LogP contribution in [0.2, 0.25) is 5.02 Å². The van der Waals surface area contributed by atoms with E-state index in [1.807, 2.05) is 0 Å². The third kappa shape index (κ3) is 3.60. The summed E-state index contributed by atoms with van der Waals surface area (Å²) in [5.41, 5.74) is 0.658. The summed E-state index contributed by atoms with van der Waals surface area (Å²) in [4.78, 5) is 23.5. The molecule has 0 aromatic heterocycles. The molecule has 0 spiro atoms. The van der Waals surface area contributed by atoms with E-state index in [1.165, 1.54) is 6.07 Å². The zero-order chi connectivity index (χ0) is 18.7. The minimum absolute atomic E-state index is 0.0200. The summed E-state index contributed by atoms with van der Waals surface area (Å²) >= 11 is 6.31. The molecule has 0 saturated carbocycles. The molecule has 0 amide bonds. The van der Waals surface area contributed by atoms with Crippen LogP contribution in [0.25, 0.3) is 0 Å². The minimum Gasteiger partial charge on any atom is -0.493 e. The first-order valence-corrected chi connectivity index (χ1v) is 8.52. The number of benzene rings is 2. The summed E-state index contributed by atoms with van der Waals surface area (Å²) in [6, 6.07) is 9.44. The maximum atomic E-state index is 12.2. The van der Waals surface area contributed by atoms with Crippen molar-refractivity contribution in [2.24, 2.45) is 0 Å². The van der Waals surface area contributed by atoms with Crippen LogP contribution in [0.5, 0.6) is 17.2 Å². The Morgan fingerprint density at radius 2 is 2.04 bits per heavy atom. The first kappa shape index (κ1) is 18.1. The van der Waals surface area contributed by atoms with E-state index in [1.54, 1.807) is 37.3 Å². The number of carbonyl (C=O) groups is 2. The monoisotopic (exact) mass is 376 g/mol. The van der Waals surface area contributed by atoms with Gasteiger partial charge in [0, 0.05) is 11.6 Å². The van der Waals surface area contributed by atoms with Gasteiger partial charge in [-0.15, -0.1) is 0 Å². The highest BCUT2D eigenvalue weighted by molar-refractivity contribution is 6.32. The van der Waals surface area contributed by atoms with Crippen LogP contribution in [-0.2, 0) is 9.53 Å². The fourth-order valence-electron chi connectivity index (χ4n) is 2.81. The van der Waals surface area contributed by atoms with Crippen molar-refractivity contribution in [3.05, 3.63) is 52.5 Å². The van der Waals surface area contributed by atoms with E-state index in [0.29, 0.717) is 30.9 Å². The van der Waals surface area contributed by atoms with Crippen molar-refractivity contribution < 1.29 is 28.9 Å². The quantitative estimate of drug-likeness (QED) is 0.785. The van der Waals surface area contributed by atoms with Crippen molar-refractivity contribution in [2.45, 2.75) is 19.3 Å². The van der Waals surface area contributed by atoms with Gasteiger partial charge >= 0.3 is 11.9 Å². The normalized spacial score (nSPS) is 15.5. The zero-order valence-electron chi connectivity index (χ0n) is 14.0. The molecule has 2 aromatic rings. The number of rotatable bonds is 5. The second-order valence-corrected chi connectivity index (χ2v) is 6.07. The first-order chi connectivity index (χ1) is 12.5. The van der Waals surface area contributed by atoms with Gasteiger partial charge in [-0.1, -0.05) is 23.7 Å². The van der Waals surface area contributed by atoms with E-state index in [0.717, 1.165) is 0 Å². The summed E-state index contributed by atoms with van der Waals surface area (Å²) in [6.07, 6.45) is 0.504. The molecule has 0 aliphatic carbocycles. The van der Waals surface area contributed by atoms with Crippen LogP contribution >= 0.6 is 11.6 Å². The Labute approximate surface area is 155 Å². The molecule has 1 atom stereocenters. The molecule has 1 N–H and O–H groups in total. The van der Waals surface area contributed by atoms with E-state index < -0.39 is 11.9 Å². The summed E-state index contributed by atoms with van der Waals surface area (Å²) in [5, 5.41) is 9.52. The van der Waals surface area contributed by atoms with Gasteiger partial charge in [-0.05, 0) is 31.5 Å². The average Bonchev–Trinajstić information content (AvgIpc) is 2.62. The lowest BCUT2D eigenvalue weighted by Crippen LogP contribution is -2.23. The number of hydrogen-bond donors (Lipinski definition) is 1. The van der Waals surface area contributed by atoms with Gasteiger partial charge < -0.3 is 19.3 Å². The Balaban J connectivity index is 1.95. The molecule has 1 heterocycles. The molecule has 1 unspecified atom stereocenters. The van der Waals surface area contributed by atoms with Gasteiger partial charge in [-0.2, -0.15) is 0 Å². The Hall–Kier alpha value is -2.73. The molecule has 3 rings (SSSR count). The second kappa shape index (κ2) is 7.66. The number of ether oxygens (including phenoxy) is 3. The van der Waals surface area contributed by atoms with Gasteiger partial charge in [-0.3, -0.25) is 4.79 Å². The van der Waals surface area contributed by atoms with Gasteiger partial charge in [0.15, 0.2) is 0 Å². The third-order valence-corrected chi connectivity index (χ3v) is 4.31. The van der Waals surface area contributed by atoms with E-state index in [2.05, 4.69) is 0 Å². The largest absolute Gasteiger partial charge is 0.493 e. The van der Waals surface area contributed by atoms with Crippen LogP contribution in [0, 0.1) is 0 Å². The molecule has 0 fully saturated rings.